The predicted octanol–water partition coefficient (Wildman–Crippen LogP) is 5.65. The first-order valence-corrected chi connectivity index (χ1v) is 12.9. The van der Waals surface area contributed by atoms with Crippen LogP contribution in [-0.2, 0) is 48.3 Å². The van der Waals surface area contributed by atoms with Crippen LogP contribution in [0, 0.1) is 0 Å². The van der Waals surface area contributed by atoms with Crippen molar-refractivity contribution in [2.24, 2.45) is 0 Å². The molecule has 1 heterocycles. The molecule has 200 valence electrons. The van der Waals surface area contributed by atoms with Gasteiger partial charge in [0.25, 0.3) is 0 Å². The smallest absolute Gasteiger partial charge is 0.189 e. The van der Waals surface area contributed by atoms with Gasteiger partial charge in [-0.15, -0.1) is 6.58 Å². The van der Waals surface area contributed by atoms with Crippen LogP contribution in [0.25, 0.3) is 0 Å². The monoisotopic (exact) mass is 516 g/mol. The minimum atomic E-state index is -0.959. The molecule has 0 spiro atoms. The van der Waals surface area contributed by atoms with Crippen molar-refractivity contribution in [1.29, 1.82) is 0 Å². The summed E-state index contributed by atoms with van der Waals surface area (Å²) in [6.45, 7) is 8.30. The van der Waals surface area contributed by atoms with E-state index in [2.05, 4.69) is 6.58 Å². The first kappa shape index (κ1) is 27.9. The Balaban J connectivity index is 1.57. The van der Waals surface area contributed by atoms with Crippen molar-refractivity contribution in [3.05, 3.63) is 120 Å². The van der Waals surface area contributed by atoms with Crippen LogP contribution in [0.2, 0.25) is 0 Å². The molecule has 1 aliphatic rings. The summed E-state index contributed by atoms with van der Waals surface area (Å²) in [6.07, 6.45) is -1.13. The quantitative estimate of drug-likeness (QED) is 0.258. The molecule has 4 atom stereocenters. The lowest BCUT2D eigenvalue weighted by Gasteiger charge is -2.32. The normalized spacial score (nSPS) is 20.1. The van der Waals surface area contributed by atoms with Crippen molar-refractivity contribution >= 4 is 5.78 Å². The Morgan fingerprint density at radius 3 is 1.84 bits per heavy atom. The highest BCUT2D eigenvalue weighted by molar-refractivity contribution is 5.85. The first-order chi connectivity index (χ1) is 18.4. The fraction of sp³-hybridized carbons (Fsp3) is 0.344. The van der Waals surface area contributed by atoms with Gasteiger partial charge in [0.1, 0.15) is 31.0 Å². The van der Waals surface area contributed by atoms with Crippen LogP contribution in [0.15, 0.2) is 104 Å². The van der Waals surface area contributed by atoms with Gasteiger partial charge >= 0.3 is 0 Å². The number of hydrogen-bond acceptors (Lipinski definition) is 6. The molecule has 0 aliphatic carbocycles. The zero-order chi connectivity index (χ0) is 26.8. The first-order valence-electron chi connectivity index (χ1n) is 12.9. The molecule has 0 bridgehead atoms. The highest BCUT2D eigenvalue weighted by atomic mass is 16.8. The van der Waals surface area contributed by atoms with Gasteiger partial charge in [0.15, 0.2) is 11.6 Å². The van der Waals surface area contributed by atoms with Gasteiger partial charge in [-0.2, -0.15) is 0 Å². The number of Topliss-reactive ketones (excluding diaryl/α,β-unsaturated/α-hetero) is 1. The lowest BCUT2D eigenvalue weighted by atomic mass is 9.99. The summed E-state index contributed by atoms with van der Waals surface area (Å²) >= 11 is 0. The minimum absolute atomic E-state index is 0.130. The van der Waals surface area contributed by atoms with Gasteiger partial charge in [0.05, 0.1) is 19.8 Å². The van der Waals surface area contributed by atoms with Crippen molar-refractivity contribution in [1.82, 2.24) is 0 Å². The Kier molecular flexibility index (Phi) is 9.98. The van der Waals surface area contributed by atoms with Crippen molar-refractivity contribution < 1.29 is 28.5 Å². The number of hydrogen-bond donors (Lipinski definition) is 0. The maximum atomic E-state index is 13.7. The SMILES string of the molecule is C=C[C@@H]1OC(C)(C)O[C@H]1[C@H](OCc1ccccc1)[C@H](OCc1ccccc1)C(=O)COCc1ccccc1. The van der Waals surface area contributed by atoms with E-state index in [4.69, 9.17) is 23.7 Å². The van der Waals surface area contributed by atoms with Crippen LogP contribution in [0.1, 0.15) is 30.5 Å². The Labute approximate surface area is 225 Å². The minimum Gasteiger partial charge on any atom is -0.369 e. The van der Waals surface area contributed by atoms with Gasteiger partial charge < -0.3 is 23.7 Å². The van der Waals surface area contributed by atoms with E-state index in [1.54, 1.807) is 6.08 Å². The van der Waals surface area contributed by atoms with Crippen LogP contribution < -0.4 is 0 Å². The van der Waals surface area contributed by atoms with E-state index >= 15 is 0 Å². The number of carbonyl (C=O) groups is 1. The summed E-state index contributed by atoms with van der Waals surface area (Å²) < 4.78 is 30.8. The second-order valence-electron chi connectivity index (χ2n) is 9.72. The molecule has 38 heavy (non-hydrogen) atoms. The number of rotatable bonds is 14. The number of ketones is 1. The lowest BCUT2D eigenvalue weighted by molar-refractivity contribution is -0.185. The molecule has 0 radical (unpaired) electrons. The molecule has 3 aromatic rings. The van der Waals surface area contributed by atoms with E-state index in [1.165, 1.54) is 0 Å². The summed E-state index contributed by atoms with van der Waals surface area (Å²) in [7, 11) is 0. The molecule has 0 aromatic heterocycles. The third-order valence-electron chi connectivity index (χ3n) is 6.25. The van der Waals surface area contributed by atoms with Gasteiger partial charge in [0.2, 0.25) is 0 Å². The largest absolute Gasteiger partial charge is 0.369 e. The molecule has 4 rings (SSSR count). The Morgan fingerprint density at radius 1 is 0.816 bits per heavy atom. The van der Waals surface area contributed by atoms with E-state index in [0.29, 0.717) is 6.61 Å². The number of benzene rings is 3. The second-order valence-corrected chi connectivity index (χ2v) is 9.72. The second kappa shape index (κ2) is 13.6. The fourth-order valence-corrected chi connectivity index (χ4v) is 4.43. The summed E-state index contributed by atoms with van der Waals surface area (Å²) in [5.41, 5.74) is 2.90. The van der Waals surface area contributed by atoms with Crippen LogP contribution in [0.5, 0.6) is 0 Å². The van der Waals surface area contributed by atoms with Crippen molar-refractivity contribution in [3.8, 4) is 0 Å². The Hall–Kier alpha value is -3.13. The molecule has 0 unspecified atom stereocenters. The molecular weight excluding hydrogens is 480 g/mol. The standard InChI is InChI=1S/C32H36O6/c1-4-28-30(38-32(2,3)37-28)31(36-22-26-18-12-7-13-19-26)29(35-21-25-16-10-6-11-17-25)27(33)23-34-20-24-14-8-5-9-15-24/h4-19,28-31H,1,20-23H2,2-3H3/t28-,29+,30+,31+/m0/s1. The van der Waals surface area contributed by atoms with E-state index in [0.717, 1.165) is 16.7 Å². The summed E-state index contributed by atoms with van der Waals surface area (Å²) in [5, 5.41) is 0. The van der Waals surface area contributed by atoms with Crippen LogP contribution in [0.4, 0.5) is 0 Å². The van der Waals surface area contributed by atoms with Gasteiger partial charge in [-0.05, 0) is 30.5 Å². The van der Waals surface area contributed by atoms with Crippen molar-refractivity contribution in [2.75, 3.05) is 6.61 Å². The predicted molar refractivity (Wildman–Crippen MR) is 145 cm³/mol. The molecule has 1 saturated heterocycles. The fourth-order valence-electron chi connectivity index (χ4n) is 4.43. The molecule has 0 amide bonds. The molecule has 3 aromatic carbocycles. The highest BCUT2D eigenvalue weighted by Gasteiger charge is 2.48. The molecule has 1 aliphatic heterocycles. The molecule has 1 fully saturated rings. The van der Waals surface area contributed by atoms with Crippen LogP contribution in [-0.4, -0.2) is 42.6 Å². The van der Waals surface area contributed by atoms with Crippen molar-refractivity contribution in [3.63, 3.8) is 0 Å². The third kappa shape index (κ3) is 7.93. The van der Waals surface area contributed by atoms with E-state index in [9.17, 15) is 4.79 Å². The van der Waals surface area contributed by atoms with E-state index in [1.807, 2.05) is 105 Å². The molecule has 6 nitrogen and oxygen atoms in total. The molecule has 0 N–H and O–H groups in total. The van der Waals surface area contributed by atoms with Gasteiger partial charge in [-0.3, -0.25) is 4.79 Å². The van der Waals surface area contributed by atoms with E-state index < -0.39 is 30.2 Å². The van der Waals surface area contributed by atoms with Gasteiger partial charge in [0, 0.05) is 0 Å². The average molecular weight is 517 g/mol. The topological polar surface area (TPSA) is 63.2 Å². The Bertz CT molecular complexity index is 1130. The maximum Gasteiger partial charge on any atom is 0.189 e. The average Bonchev–Trinajstić information content (AvgIpc) is 3.26. The lowest BCUT2D eigenvalue weighted by Crippen LogP contribution is -2.50. The van der Waals surface area contributed by atoms with Gasteiger partial charge in [-0.25, -0.2) is 0 Å². The van der Waals surface area contributed by atoms with E-state index in [-0.39, 0.29) is 25.6 Å². The maximum absolute atomic E-state index is 13.7. The third-order valence-corrected chi connectivity index (χ3v) is 6.25. The number of carbonyl (C=O) groups excluding carboxylic acids is 1. The van der Waals surface area contributed by atoms with Crippen LogP contribution in [0.3, 0.4) is 0 Å². The van der Waals surface area contributed by atoms with Gasteiger partial charge in [-0.1, -0.05) is 97.1 Å². The Morgan fingerprint density at radius 2 is 1.32 bits per heavy atom. The highest BCUT2D eigenvalue weighted by Crippen LogP contribution is 2.34. The zero-order valence-corrected chi connectivity index (χ0v) is 22.0. The molecular formula is C32H36O6. The van der Waals surface area contributed by atoms with Crippen molar-refractivity contribution in [2.45, 2.75) is 63.9 Å². The zero-order valence-electron chi connectivity index (χ0n) is 22.0. The summed E-state index contributed by atoms with van der Waals surface area (Å²) in [6, 6.07) is 29.3. The molecule has 6 heteroatoms. The summed E-state index contributed by atoms with van der Waals surface area (Å²) in [4.78, 5) is 13.7. The molecule has 0 saturated carbocycles. The number of ether oxygens (including phenoxy) is 5. The summed E-state index contributed by atoms with van der Waals surface area (Å²) in [5.74, 6) is -1.10. The van der Waals surface area contributed by atoms with Crippen LogP contribution >= 0.6 is 0 Å².